The highest BCUT2D eigenvalue weighted by Crippen LogP contribution is 2.29. The van der Waals surface area contributed by atoms with Gasteiger partial charge in [0.25, 0.3) is 0 Å². The molecule has 0 bridgehead atoms. The van der Waals surface area contributed by atoms with Gasteiger partial charge in [0.2, 0.25) is 0 Å². The van der Waals surface area contributed by atoms with Crippen LogP contribution in [0.25, 0.3) is 32.9 Å². The summed E-state index contributed by atoms with van der Waals surface area (Å²) in [4.78, 5) is 3.49. The van der Waals surface area contributed by atoms with Crippen molar-refractivity contribution >= 4 is 33.2 Å². The Morgan fingerprint density at radius 2 is 1.15 bits per heavy atom. The van der Waals surface area contributed by atoms with Crippen molar-refractivity contribution in [2.45, 2.75) is 0 Å². The molecule has 0 amide bonds. The zero-order valence-electron chi connectivity index (χ0n) is 14.2. The molecule has 0 aliphatic carbocycles. The van der Waals surface area contributed by atoms with E-state index in [1.54, 1.807) is 0 Å². The van der Waals surface area contributed by atoms with Gasteiger partial charge in [0.15, 0.2) is 0 Å². The van der Waals surface area contributed by atoms with Crippen molar-refractivity contribution < 1.29 is 0 Å². The smallest absolute Gasteiger partial charge is 0.0485 e. The molecule has 124 valence electrons. The van der Waals surface area contributed by atoms with Gasteiger partial charge in [-0.15, -0.1) is 0 Å². The maximum Gasteiger partial charge on any atom is 0.0485 e. The molecular formula is C24H18N2. The quantitative estimate of drug-likeness (QED) is 0.376. The molecule has 26 heavy (non-hydrogen) atoms. The summed E-state index contributed by atoms with van der Waals surface area (Å²) >= 11 is 0. The van der Waals surface area contributed by atoms with Crippen LogP contribution in [-0.4, -0.2) is 4.98 Å². The molecule has 0 aliphatic heterocycles. The van der Waals surface area contributed by atoms with Crippen LogP contribution in [0.4, 0.5) is 11.4 Å². The fraction of sp³-hybridized carbons (Fsp3) is 0. The number of hydrogen-bond donors (Lipinski definition) is 2. The lowest BCUT2D eigenvalue weighted by Gasteiger charge is -2.08. The summed E-state index contributed by atoms with van der Waals surface area (Å²) in [5, 5.41) is 6.02. The average Bonchev–Trinajstić information content (AvgIpc) is 3.07. The van der Waals surface area contributed by atoms with E-state index in [0.717, 1.165) is 16.9 Å². The standard InChI is InChI=1S/C24H18N2/c1-2-6-17(7-3-1)18-10-12-19(13-11-18)25-20-14-15-22-21-8-4-5-9-23(21)26-24(22)16-20/h1-16,25-26H. The molecule has 5 rings (SSSR count). The Kier molecular flexibility index (Phi) is 3.46. The molecular weight excluding hydrogens is 316 g/mol. The maximum atomic E-state index is 3.50. The first-order valence-corrected chi connectivity index (χ1v) is 8.80. The summed E-state index contributed by atoms with van der Waals surface area (Å²) in [6.45, 7) is 0. The van der Waals surface area contributed by atoms with Crippen molar-refractivity contribution in [1.29, 1.82) is 0 Å². The molecule has 2 N–H and O–H groups in total. The fourth-order valence-electron chi connectivity index (χ4n) is 3.48. The summed E-state index contributed by atoms with van der Waals surface area (Å²) in [6, 6.07) is 33.9. The van der Waals surface area contributed by atoms with E-state index in [2.05, 4.69) is 101 Å². The van der Waals surface area contributed by atoms with Crippen molar-refractivity contribution in [1.82, 2.24) is 4.98 Å². The summed E-state index contributed by atoms with van der Waals surface area (Å²) < 4.78 is 0. The number of hydrogen-bond acceptors (Lipinski definition) is 1. The lowest BCUT2D eigenvalue weighted by Crippen LogP contribution is -1.90. The number of aromatic nitrogens is 1. The highest BCUT2D eigenvalue weighted by molar-refractivity contribution is 6.08. The van der Waals surface area contributed by atoms with Crippen molar-refractivity contribution in [2.75, 3.05) is 5.32 Å². The van der Waals surface area contributed by atoms with Crippen molar-refractivity contribution in [3.05, 3.63) is 97.1 Å². The Bertz CT molecular complexity index is 1190. The van der Waals surface area contributed by atoms with Gasteiger partial charge in [-0.25, -0.2) is 0 Å². The van der Waals surface area contributed by atoms with Crippen LogP contribution in [0.3, 0.4) is 0 Å². The third-order valence-electron chi connectivity index (χ3n) is 4.79. The van der Waals surface area contributed by atoms with Crippen LogP contribution in [0.1, 0.15) is 0 Å². The van der Waals surface area contributed by atoms with Gasteiger partial charge >= 0.3 is 0 Å². The predicted molar refractivity (Wildman–Crippen MR) is 111 cm³/mol. The fourth-order valence-corrected chi connectivity index (χ4v) is 3.48. The molecule has 0 saturated heterocycles. The molecule has 4 aromatic carbocycles. The monoisotopic (exact) mass is 334 g/mol. The van der Waals surface area contributed by atoms with Gasteiger partial charge in [0.1, 0.15) is 0 Å². The average molecular weight is 334 g/mol. The van der Waals surface area contributed by atoms with Gasteiger partial charge in [-0.1, -0.05) is 66.7 Å². The molecule has 1 aromatic heterocycles. The predicted octanol–water partition coefficient (Wildman–Crippen LogP) is 6.73. The van der Waals surface area contributed by atoms with E-state index >= 15 is 0 Å². The summed E-state index contributed by atoms with van der Waals surface area (Å²) in [7, 11) is 0. The zero-order valence-corrected chi connectivity index (χ0v) is 14.2. The minimum atomic E-state index is 1.08. The van der Waals surface area contributed by atoms with E-state index in [0.29, 0.717) is 0 Å². The van der Waals surface area contributed by atoms with Crippen LogP contribution in [0.2, 0.25) is 0 Å². The molecule has 2 heteroatoms. The van der Waals surface area contributed by atoms with Gasteiger partial charge in [-0.05, 0) is 41.5 Å². The second kappa shape index (κ2) is 6.08. The second-order valence-corrected chi connectivity index (χ2v) is 6.50. The first kappa shape index (κ1) is 14.8. The molecule has 0 fully saturated rings. The second-order valence-electron chi connectivity index (χ2n) is 6.50. The third kappa shape index (κ3) is 2.62. The number of anilines is 2. The van der Waals surface area contributed by atoms with E-state index in [1.165, 1.54) is 27.4 Å². The van der Waals surface area contributed by atoms with E-state index < -0.39 is 0 Å². The first-order chi connectivity index (χ1) is 12.9. The Balaban J connectivity index is 1.44. The highest BCUT2D eigenvalue weighted by atomic mass is 14.9. The van der Waals surface area contributed by atoms with Crippen LogP contribution in [0.5, 0.6) is 0 Å². The van der Waals surface area contributed by atoms with Crippen molar-refractivity contribution in [3.63, 3.8) is 0 Å². The Morgan fingerprint density at radius 3 is 2.00 bits per heavy atom. The number of aromatic amines is 1. The largest absolute Gasteiger partial charge is 0.355 e. The molecule has 1 heterocycles. The Hall–Kier alpha value is -3.52. The zero-order chi connectivity index (χ0) is 17.3. The number of para-hydroxylation sites is 1. The van der Waals surface area contributed by atoms with Gasteiger partial charge in [0, 0.05) is 33.2 Å². The van der Waals surface area contributed by atoms with Gasteiger partial charge in [-0.2, -0.15) is 0 Å². The number of fused-ring (bicyclic) bond motifs is 3. The molecule has 0 spiro atoms. The molecule has 0 radical (unpaired) electrons. The minimum absolute atomic E-state index is 1.08. The van der Waals surface area contributed by atoms with Crippen LogP contribution in [-0.2, 0) is 0 Å². The molecule has 0 saturated carbocycles. The molecule has 2 nitrogen and oxygen atoms in total. The van der Waals surface area contributed by atoms with E-state index in [9.17, 15) is 0 Å². The van der Waals surface area contributed by atoms with E-state index in [1.807, 2.05) is 6.07 Å². The molecule has 0 unspecified atom stereocenters. The van der Waals surface area contributed by atoms with Crippen LogP contribution in [0.15, 0.2) is 97.1 Å². The number of H-pyrrole nitrogens is 1. The number of nitrogens with one attached hydrogen (secondary N) is 2. The number of rotatable bonds is 3. The Labute approximate surface area is 152 Å². The van der Waals surface area contributed by atoms with E-state index in [-0.39, 0.29) is 0 Å². The topological polar surface area (TPSA) is 27.8 Å². The first-order valence-electron chi connectivity index (χ1n) is 8.80. The highest BCUT2D eigenvalue weighted by Gasteiger charge is 2.05. The minimum Gasteiger partial charge on any atom is -0.355 e. The van der Waals surface area contributed by atoms with Crippen molar-refractivity contribution in [3.8, 4) is 11.1 Å². The van der Waals surface area contributed by atoms with Gasteiger partial charge in [-0.3, -0.25) is 0 Å². The van der Waals surface area contributed by atoms with Crippen LogP contribution < -0.4 is 5.32 Å². The molecule has 5 aromatic rings. The molecule has 0 aliphatic rings. The summed E-state index contributed by atoms with van der Waals surface area (Å²) in [5.74, 6) is 0. The lowest BCUT2D eigenvalue weighted by atomic mass is 10.1. The SMILES string of the molecule is c1ccc(-c2ccc(Nc3ccc4c(c3)[nH]c3ccccc34)cc2)cc1. The van der Waals surface area contributed by atoms with Gasteiger partial charge < -0.3 is 10.3 Å². The van der Waals surface area contributed by atoms with E-state index in [4.69, 9.17) is 0 Å². The lowest BCUT2D eigenvalue weighted by molar-refractivity contribution is 1.52. The maximum absolute atomic E-state index is 3.50. The molecule has 0 atom stereocenters. The summed E-state index contributed by atoms with van der Waals surface area (Å²) in [6.07, 6.45) is 0. The Morgan fingerprint density at radius 1 is 0.500 bits per heavy atom. The normalized spacial score (nSPS) is 11.1. The summed E-state index contributed by atoms with van der Waals surface area (Å²) in [5.41, 5.74) is 6.95. The van der Waals surface area contributed by atoms with Gasteiger partial charge in [0.05, 0.1) is 0 Å². The third-order valence-corrected chi connectivity index (χ3v) is 4.79. The van der Waals surface area contributed by atoms with Crippen LogP contribution in [0, 0.1) is 0 Å². The van der Waals surface area contributed by atoms with Crippen molar-refractivity contribution in [2.24, 2.45) is 0 Å². The van der Waals surface area contributed by atoms with Crippen LogP contribution >= 0.6 is 0 Å². The number of benzene rings is 4.